The zero-order chi connectivity index (χ0) is 16.5. The molecule has 1 heterocycles. The zero-order valence-electron chi connectivity index (χ0n) is 14.3. The third-order valence-electron chi connectivity index (χ3n) is 3.94. The molecule has 1 aromatic carbocycles. The molecule has 24 heavy (non-hydrogen) atoms. The topological polar surface area (TPSA) is 56.7 Å². The van der Waals surface area contributed by atoms with Crippen LogP contribution in [0.2, 0.25) is 0 Å². The molecule has 5 nitrogen and oxygen atoms in total. The lowest BCUT2D eigenvalue weighted by Gasteiger charge is -2.26. The van der Waals surface area contributed by atoms with Gasteiger partial charge >= 0.3 is 0 Å². The molecule has 0 spiro atoms. The predicted octanol–water partition coefficient (Wildman–Crippen LogP) is 2.78. The van der Waals surface area contributed by atoms with Crippen molar-refractivity contribution < 1.29 is 4.79 Å². The van der Waals surface area contributed by atoms with E-state index < -0.39 is 0 Å². The number of nitrogens with zero attached hydrogens (tertiary/aromatic N) is 2. The van der Waals surface area contributed by atoms with Crippen LogP contribution in [-0.4, -0.2) is 43.4 Å². The Morgan fingerprint density at radius 1 is 1.21 bits per heavy atom. The van der Waals surface area contributed by atoms with Crippen molar-refractivity contribution in [1.29, 1.82) is 0 Å². The summed E-state index contributed by atoms with van der Waals surface area (Å²) in [5, 5.41) is 6.35. The van der Waals surface area contributed by atoms with Crippen molar-refractivity contribution in [3.63, 3.8) is 0 Å². The molecule has 1 aliphatic heterocycles. The van der Waals surface area contributed by atoms with Gasteiger partial charge in [-0.25, -0.2) is 0 Å². The molecule has 2 N–H and O–H groups in total. The molecule has 1 aliphatic rings. The van der Waals surface area contributed by atoms with Gasteiger partial charge in [0.2, 0.25) is 0 Å². The van der Waals surface area contributed by atoms with Gasteiger partial charge in [-0.15, -0.1) is 30.6 Å². The highest BCUT2D eigenvalue weighted by Gasteiger charge is 2.17. The minimum Gasteiger partial charge on any atom is -0.353 e. The van der Waals surface area contributed by atoms with Gasteiger partial charge in [-0.2, -0.15) is 0 Å². The van der Waals surface area contributed by atoms with E-state index in [9.17, 15) is 4.79 Å². The number of piperidine rings is 1. The quantitative estimate of drug-likeness (QED) is 0.319. The van der Waals surface area contributed by atoms with Crippen LogP contribution in [0.4, 0.5) is 0 Å². The molecule has 0 bridgehead atoms. The second kappa shape index (κ2) is 11.1. The van der Waals surface area contributed by atoms with E-state index in [2.05, 4.69) is 22.2 Å². The fraction of sp³-hybridized carbons (Fsp3) is 0.444. The zero-order valence-corrected chi connectivity index (χ0v) is 16.6. The van der Waals surface area contributed by atoms with Crippen molar-refractivity contribution in [2.24, 2.45) is 4.99 Å². The summed E-state index contributed by atoms with van der Waals surface area (Å²) in [6.45, 7) is 6.76. The molecular weight excluding hydrogens is 415 g/mol. The molecule has 2 rings (SSSR count). The Labute approximate surface area is 161 Å². The average molecular weight is 442 g/mol. The number of halogens is 1. The van der Waals surface area contributed by atoms with Gasteiger partial charge in [-0.05, 0) is 37.0 Å². The van der Waals surface area contributed by atoms with Crippen LogP contribution in [0.5, 0.6) is 0 Å². The maximum absolute atomic E-state index is 12.4. The summed E-state index contributed by atoms with van der Waals surface area (Å²) in [4.78, 5) is 18.5. The first kappa shape index (κ1) is 20.5. The summed E-state index contributed by atoms with van der Waals surface area (Å²) in [6.07, 6.45) is 5.25. The van der Waals surface area contributed by atoms with E-state index in [1.807, 2.05) is 29.2 Å². The number of benzene rings is 1. The predicted molar refractivity (Wildman–Crippen MR) is 110 cm³/mol. The number of hydrogen-bond donors (Lipinski definition) is 2. The molecule has 6 heteroatoms. The Hall–Kier alpha value is -1.57. The number of carbonyl (C=O) groups is 1. The van der Waals surface area contributed by atoms with Crippen molar-refractivity contribution in [3.8, 4) is 0 Å². The molecule has 1 fully saturated rings. The fourth-order valence-electron chi connectivity index (χ4n) is 2.62. The second-order valence-electron chi connectivity index (χ2n) is 5.65. The Balaban J connectivity index is 0.00000288. The minimum atomic E-state index is 0. The first-order valence-corrected chi connectivity index (χ1v) is 8.18. The number of hydrogen-bond acceptors (Lipinski definition) is 2. The molecule has 0 radical (unpaired) electrons. The van der Waals surface area contributed by atoms with Crippen LogP contribution in [0.1, 0.15) is 35.2 Å². The number of guanidine groups is 1. The van der Waals surface area contributed by atoms with Crippen LogP contribution in [-0.2, 0) is 6.54 Å². The van der Waals surface area contributed by atoms with Crippen molar-refractivity contribution in [3.05, 3.63) is 48.0 Å². The lowest BCUT2D eigenvalue weighted by atomic mass is 10.1. The van der Waals surface area contributed by atoms with Gasteiger partial charge < -0.3 is 15.5 Å². The van der Waals surface area contributed by atoms with Crippen molar-refractivity contribution in [1.82, 2.24) is 15.5 Å². The number of amides is 1. The van der Waals surface area contributed by atoms with Gasteiger partial charge in [0.05, 0.1) is 0 Å². The maximum Gasteiger partial charge on any atom is 0.253 e. The van der Waals surface area contributed by atoms with E-state index in [-0.39, 0.29) is 29.9 Å². The molecule has 0 aromatic heterocycles. The van der Waals surface area contributed by atoms with Gasteiger partial charge in [-0.1, -0.05) is 18.2 Å². The summed E-state index contributed by atoms with van der Waals surface area (Å²) in [7, 11) is 1.73. The van der Waals surface area contributed by atoms with E-state index in [0.717, 1.165) is 43.0 Å². The third-order valence-corrected chi connectivity index (χ3v) is 3.94. The van der Waals surface area contributed by atoms with Crippen LogP contribution >= 0.6 is 24.0 Å². The molecule has 0 unspecified atom stereocenters. The lowest BCUT2D eigenvalue weighted by Crippen LogP contribution is -2.37. The average Bonchev–Trinajstić information content (AvgIpc) is 2.62. The highest BCUT2D eigenvalue weighted by molar-refractivity contribution is 14.0. The number of likely N-dealkylation sites (tertiary alicyclic amines) is 1. The van der Waals surface area contributed by atoms with Crippen molar-refractivity contribution in [2.45, 2.75) is 25.8 Å². The molecule has 1 aromatic rings. The standard InChI is InChI=1S/C18H26N4O.HI/c1-3-11-20-18(19-2)21-14-15-7-9-16(10-8-15)17(23)22-12-5-4-6-13-22;/h3,7-10H,1,4-6,11-14H2,2H3,(H2,19,20,21);1H. The number of carbonyl (C=O) groups excluding carboxylic acids is 1. The molecule has 0 atom stereocenters. The van der Waals surface area contributed by atoms with E-state index in [0.29, 0.717) is 13.1 Å². The summed E-state index contributed by atoms with van der Waals surface area (Å²) in [5.74, 6) is 0.881. The van der Waals surface area contributed by atoms with Crippen molar-refractivity contribution in [2.75, 3.05) is 26.7 Å². The minimum absolute atomic E-state index is 0. The van der Waals surface area contributed by atoms with E-state index in [4.69, 9.17) is 0 Å². The summed E-state index contributed by atoms with van der Waals surface area (Å²) < 4.78 is 0. The third kappa shape index (κ3) is 6.14. The molecule has 1 saturated heterocycles. The Bertz CT molecular complexity index is 551. The molecule has 132 valence electrons. The van der Waals surface area contributed by atoms with Crippen LogP contribution in [0.25, 0.3) is 0 Å². The largest absolute Gasteiger partial charge is 0.353 e. The van der Waals surface area contributed by atoms with Gasteiger partial charge in [-0.3, -0.25) is 9.79 Å². The highest BCUT2D eigenvalue weighted by atomic mass is 127. The van der Waals surface area contributed by atoms with Gasteiger partial charge in [0, 0.05) is 38.8 Å². The summed E-state index contributed by atoms with van der Waals surface area (Å²) in [5.41, 5.74) is 1.88. The number of aliphatic imine (C=N–C) groups is 1. The number of nitrogens with one attached hydrogen (secondary N) is 2. The van der Waals surface area contributed by atoms with E-state index in [1.165, 1.54) is 6.42 Å². The first-order valence-electron chi connectivity index (χ1n) is 8.18. The number of rotatable bonds is 5. The Morgan fingerprint density at radius 2 is 1.88 bits per heavy atom. The van der Waals surface area contributed by atoms with E-state index >= 15 is 0 Å². The summed E-state index contributed by atoms with van der Waals surface area (Å²) in [6, 6.07) is 7.80. The second-order valence-corrected chi connectivity index (χ2v) is 5.65. The molecule has 1 amide bonds. The van der Waals surface area contributed by atoms with Gasteiger partial charge in [0.15, 0.2) is 5.96 Å². The Kier molecular flexibility index (Phi) is 9.44. The van der Waals surface area contributed by atoms with Gasteiger partial charge in [0.1, 0.15) is 0 Å². The van der Waals surface area contributed by atoms with Crippen molar-refractivity contribution >= 4 is 35.8 Å². The monoisotopic (exact) mass is 442 g/mol. The normalized spacial score (nSPS) is 14.5. The highest BCUT2D eigenvalue weighted by Crippen LogP contribution is 2.13. The van der Waals surface area contributed by atoms with Crippen LogP contribution in [0.15, 0.2) is 41.9 Å². The lowest BCUT2D eigenvalue weighted by molar-refractivity contribution is 0.0724. The maximum atomic E-state index is 12.4. The summed E-state index contributed by atoms with van der Waals surface area (Å²) >= 11 is 0. The van der Waals surface area contributed by atoms with Crippen LogP contribution in [0, 0.1) is 0 Å². The van der Waals surface area contributed by atoms with Crippen LogP contribution in [0.3, 0.4) is 0 Å². The fourth-order valence-corrected chi connectivity index (χ4v) is 2.62. The van der Waals surface area contributed by atoms with Gasteiger partial charge in [0.25, 0.3) is 5.91 Å². The SMILES string of the molecule is C=CCNC(=NC)NCc1ccc(C(=O)N2CCCCC2)cc1.I. The van der Waals surface area contributed by atoms with E-state index in [1.54, 1.807) is 13.1 Å². The molecule has 0 aliphatic carbocycles. The molecular formula is C18H27IN4O. The van der Waals surface area contributed by atoms with Crippen LogP contribution < -0.4 is 10.6 Å². The molecule has 0 saturated carbocycles. The smallest absolute Gasteiger partial charge is 0.253 e. The Morgan fingerprint density at radius 3 is 2.46 bits per heavy atom. The first-order chi connectivity index (χ1) is 11.2.